The number of rotatable bonds is 4. The van der Waals surface area contributed by atoms with Gasteiger partial charge in [0.15, 0.2) is 0 Å². The van der Waals surface area contributed by atoms with E-state index in [1.165, 1.54) is 18.7 Å². The van der Waals surface area contributed by atoms with Crippen molar-refractivity contribution in [2.75, 3.05) is 6.54 Å². The Bertz CT molecular complexity index is 695. The molecule has 2 rings (SSSR count). The number of carbonyl (C=O) groups excluding carboxylic acids is 1. The molecule has 0 atom stereocenters. The number of nitrogens with zero attached hydrogens (tertiary/aromatic N) is 2. The third-order valence-electron chi connectivity index (χ3n) is 3.61. The predicted molar refractivity (Wildman–Crippen MR) is 80.2 cm³/mol. The van der Waals surface area contributed by atoms with Crippen LogP contribution in [-0.4, -0.2) is 39.0 Å². The van der Waals surface area contributed by atoms with Crippen LogP contribution in [0.3, 0.4) is 0 Å². The summed E-state index contributed by atoms with van der Waals surface area (Å²) in [4.78, 5) is 29.5. The van der Waals surface area contributed by atoms with Crippen molar-refractivity contribution in [3.05, 3.63) is 42.1 Å². The summed E-state index contributed by atoms with van der Waals surface area (Å²) in [6, 6.07) is 8.86. The fourth-order valence-electron chi connectivity index (χ4n) is 2.27. The molecule has 0 aliphatic heterocycles. The summed E-state index contributed by atoms with van der Waals surface area (Å²) < 4.78 is 0. The number of aromatic nitrogens is 1. The van der Waals surface area contributed by atoms with Gasteiger partial charge in [-0.15, -0.1) is 0 Å². The predicted octanol–water partition coefficient (Wildman–Crippen LogP) is 2.56. The zero-order chi connectivity index (χ0) is 15.6. The van der Waals surface area contributed by atoms with Crippen LogP contribution in [-0.2, 0) is 4.79 Å². The van der Waals surface area contributed by atoms with Crippen molar-refractivity contribution < 1.29 is 14.7 Å². The minimum Gasteiger partial charge on any atom is -0.480 e. The molecule has 1 heterocycles. The van der Waals surface area contributed by atoms with Crippen LogP contribution in [0.2, 0.25) is 0 Å². The van der Waals surface area contributed by atoms with Crippen molar-refractivity contribution in [3.8, 4) is 0 Å². The molecule has 0 bridgehead atoms. The average molecular weight is 286 g/mol. The van der Waals surface area contributed by atoms with E-state index in [0.717, 1.165) is 10.9 Å². The molecule has 0 radical (unpaired) electrons. The largest absolute Gasteiger partial charge is 0.480 e. The summed E-state index contributed by atoms with van der Waals surface area (Å²) in [5.41, 5.74) is 0.0108. The summed E-state index contributed by atoms with van der Waals surface area (Å²) in [6.07, 6.45) is 1.69. The van der Waals surface area contributed by atoms with Crippen LogP contribution < -0.4 is 0 Å². The SMILES string of the molecule is CCN(C(=O)c1ccc2ncccc2c1)C(C)(C)C(=O)O. The van der Waals surface area contributed by atoms with Gasteiger partial charge in [-0.25, -0.2) is 4.79 Å². The van der Waals surface area contributed by atoms with E-state index < -0.39 is 11.5 Å². The van der Waals surface area contributed by atoms with E-state index >= 15 is 0 Å². The fourth-order valence-corrected chi connectivity index (χ4v) is 2.27. The first-order chi connectivity index (χ1) is 9.87. The molecule has 0 aliphatic rings. The molecule has 0 unspecified atom stereocenters. The van der Waals surface area contributed by atoms with E-state index in [-0.39, 0.29) is 5.91 Å². The highest BCUT2D eigenvalue weighted by molar-refractivity contribution is 6.00. The van der Waals surface area contributed by atoms with Gasteiger partial charge in [0, 0.05) is 23.7 Å². The maximum Gasteiger partial charge on any atom is 0.329 e. The third kappa shape index (κ3) is 2.72. The Morgan fingerprint density at radius 3 is 2.62 bits per heavy atom. The Labute approximate surface area is 123 Å². The smallest absolute Gasteiger partial charge is 0.329 e. The molecular formula is C16H18N2O3. The monoisotopic (exact) mass is 286 g/mol. The van der Waals surface area contributed by atoms with Crippen LogP contribution in [0.4, 0.5) is 0 Å². The van der Waals surface area contributed by atoms with Crippen LogP contribution in [0.1, 0.15) is 31.1 Å². The Balaban J connectivity index is 2.42. The van der Waals surface area contributed by atoms with Crippen molar-refractivity contribution in [1.82, 2.24) is 9.88 Å². The molecule has 1 aromatic heterocycles. The molecule has 1 aromatic carbocycles. The van der Waals surface area contributed by atoms with E-state index in [2.05, 4.69) is 4.98 Å². The molecule has 2 aromatic rings. The number of hydrogen-bond donors (Lipinski definition) is 1. The van der Waals surface area contributed by atoms with Crippen molar-refractivity contribution in [3.63, 3.8) is 0 Å². The Kier molecular flexibility index (Phi) is 3.93. The zero-order valence-corrected chi connectivity index (χ0v) is 12.3. The molecule has 0 aliphatic carbocycles. The van der Waals surface area contributed by atoms with E-state index in [9.17, 15) is 14.7 Å². The second-order valence-electron chi connectivity index (χ2n) is 5.32. The topological polar surface area (TPSA) is 70.5 Å². The van der Waals surface area contributed by atoms with Crippen LogP contribution in [0.15, 0.2) is 36.5 Å². The molecule has 21 heavy (non-hydrogen) atoms. The number of carboxylic acid groups (broad SMARTS) is 1. The van der Waals surface area contributed by atoms with Crippen LogP contribution in [0, 0.1) is 0 Å². The number of amides is 1. The van der Waals surface area contributed by atoms with E-state index in [0.29, 0.717) is 12.1 Å². The summed E-state index contributed by atoms with van der Waals surface area (Å²) in [7, 11) is 0. The number of pyridine rings is 1. The fraction of sp³-hybridized carbons (Fsp3) is 0.312. The number of likely N-dealkylation sites (N-methyl/N-ethyl adjacent to an activating group) is 1. The third-order valence-corrected chi connectivity index (χ3v) is 3.61. The maximum atomic E-state index is 12.6. The highest BCUT2D eigenvalue weighted by atomic mass is 16.4. The maximum absolute atomic E-state index is 12.6. The summed E-state index contributed by atoms with van der Waals surface area (Å²) in [5.74, 6) is -1.32. The Morgan fingerprint density at radius 1 is 1.29 bits per heavy atom. The summed E-state index contributed by atoms with van der Waals surface area (Å²) in [6.45, 7) is 5.15. The van der Waals surface area contributed by atoms with Gasteiger partial charge in [0.2, 0.25) is 0 Å². The van der Waals surface area contributed by atoms with E-state index in [1.54, 1.807) is 37.4 Å². The van der Waals surface area contributed by atoms with Crippen molar-refractivity contribution in [1.29, 1.82) is 0 Å². The molecule has 0 spiro atoms. The van der Waals surface area contributed by atoms with Crippen molar-refractivity contribution in [2.24, 2.45) is 0 Å². The Morgan fingerprint density at radius 2 is 2.00 bits per heavy atom. The Hall–Kier alpha value is -2.43. The first-order valence-electron chi connectivity index (χ1n) is 6.78. The van der Waals surface area contributed by atoms with Gasteiger partial charge in [0.1, 0.15) is 5.54 Å². The zero-order valence-electron chi connectivity index (χ0n) is 12.3. The molecule has 1 N–H and O–H groups in total. The van der Waals surface area contributed by atoms with Gasteiger partial charge in [-0.2, -0.15) is 0 Å². The standard InChI is InChI=1S/C16H18N2O3/c1-4-18(16(2,3)15(20)21)14(19)12-7-8-13-11(10-12)6-5-9-17-13/h5-10H,4H2,1-3H3,(H,20,21). The average Bonchev–Trinajstić information content (AvgIpc) is 2.46. The molecular weight excluding hydrogens is 268 g/mol. The molecule has 110 valence electrons. The van der Waals surface area contributed by atoms with Gasteiger partial charge in [0.25, 0.3) is 5.91 Å². The highest BCUT2D eigenvalue weighted by Crippen LogP contribution is 2.20. The molecule has 5 heteroatoms. The molecule has 0 saturated heterocycles. The molecule has 0 saturated carbocycles. The van der Waals surface area contributed by atoms with Gasteiger partial charge in [-0.05, 0) is 45.0 Å². The molecule has 1 amide bonds. The minimum atomic E-state index is -1.25. The lowest BCUT2D eigenvalue weighted by molar-refractivity contribution is -0.147. The summed E-state index contributed by atoms with van der Waals surface area (Å²) >= 11 is 0. The lowest BCUT2D eigenvalue weighted by atomic mass is 10.0. The molecule has 5 nitrogen and oxygen atoms in total. The second kappa shape index (κ2) is 5.52. The lowest BCUT2D eigenvalue weighted by Gasteiger charge is -2.34. The second-order valence-corrected chi connectivity index (χ2v) is 5.32. The minimum absolute atomic E-state index is 0.296. The van der Waals surface area contributed by atoms with Gasteiger partial charge in [-0.3, -0.25) is 9.78 Å². The van der Waals surface area contributed by atoms with Gasteiger partial charge >= 0.3 is 5.97 Å². The number of aliphatic carboxylic acids is 1. The lowest BCUT2D eigenvalue weighted by Crippen LogP contribution is -2.52. The quantitative estimate of drug-likeness (QED) is 0.937. The number of carboxylic acids is 1. The van der Waals surface area contributed by atoms with Crippen LogP contribution in [0.5, 0.6) is 0 Å². The highest BCUT2D eigenvalue weighted by Gasteiger charge is 2.37. The number of carbonyl (C=O) groups is 2. The normalized spacial score (nSPS) is 11.4. The van der Waals surface area contributed by atoms with Gasteiger partial charge < -0.3 is 10.0 Å². The number of benzene rings is 1. The molecule has 0 fully saturated rings. The van der Waals surface area contributed by atoms with Gasteiger partial charge in [0.05, 0.1) is 5.52 Å². The van der Waals surface area contributed by atoms with Crippen LogP contribution >= 0.6 is 0 Å². The number of hydrogen-bond acceptors (Lipinski definition) is 3. The van der Waals surface area contributed by atoms with Gasteiger partial charge in [-0.1, -0.05) is 6.07 Å². The number of fused-ring (bicyclic) bond motifs is 1. The first kappa shape index (κ1) is 15.0. The summed E-state index contributed by atoms with van der Waals surface area (Å²) in [5, 5.41) is 10.2. The first-order valence-corrected chi connectivity index (χ1v) is 6.78. The van der Waals surface area contributed by atoms with Crippen LogP contribution in [0.25, 0.3) is 10.9 Å². The van der Waals surface area contributed by atoms with E-state index in [1.807, 2.05) is 6.07 Å². The van der Waals surface area contributed by atoms with Crippen molar-refractivity contribution >= 4 is 22.8 Å². The van der Waals surface area contributed by atoms with E-state index in [4.69, 9.17) is 0 Å². The van der Waals surface area contributed by atoms with Crippen molar-refractivity contribution in [2.45, 2.75) is 26.3 Å².